The monoisotopic (exact) mass is 214 g/mol. The molecule has 7 heteroatoms. The van der Waals surface area contributed by atoms with E-state index in [4.69, 9.17) is 27.5 Å². The highest BCUT2D eigenvalue weighted by atomic mass is 35.5. The van der Waals surface area contributed by atoms with Crippen LogP contribution in [-0.4, -0.2) is 27.7 Å². The molecule has 1 heterocycles. The second-order valence-corrected chi connectivity index (χ2v) is 2.50. The zero-order valence-electron chi connectivity index (χ0n) is 7.03. The van der Waals surface area contributed by atoms with Crippen molar-refractivity contribution < 1.29 is 9.53 Å². The van der Waals surface area contributed by atoms with E-state index in [2.05, 4.69) is 9.97 Å². The largest absolute Gasteiger partial charge is 0.404 e. The number of ether oxygens (including phenoxy) is 1. The van der Waals surface area contributed by atoms with Gasteiger partial charge in [-0.1, -0.05) is 0 Å². The third-order valence-corrected chi connectivity index (χ3v) is 1.46. The summed E-state index contributed by atoms with van der Waals surface area (Å²) in [7, 11) is 0. The van der Waals surface area contributed by atoms with Crippen LogP contribution in [0.1, 0.15) is 5.69 Å². The number of nitrogens with zero attached hydrogens (tertiary/aromatic N) is 2. The number of amidine groups is 1. The van der Waals surface area contributed by atoms with Gasteiger partial charge in [0.1, 0.15) is 11.7 Å². The van der Waals surface area contributed by atoms with Gasteiger partial charge in [0, 0.05) is 12.4 Å². The Bertz CT molecular complexity index is 368. The molecule has 74 valence electrons. The van der Waals surface area contributed by atoms with E-state index in [-0.39, 0.29) is 23.3 Å². The SMILES string of the molecule is N=C(N)c1nccnc1OC(=O)CCl. The first-order valence-electron chi connectivity index (χ1n) is 3.57. The van der Waals surface area contributed by atoms with Crippen molar-refractivity contribution in [2.75, 3.05) is 5.88 Å². The van der Waals surface area contributed by atoms with E-state index in [0.717, 1.165) is 0 Å². The molecule has 0 aliphatic rings. The average molecular weight is 215 g/mol. The van der Waals surface area contributed by atoms with E-state index in [1.165, 1.54) is 12.4 Å². The molecule has 0 fully saturated rings. The van der Waals surface area contributed by atoms with Gasteiger partial charge in [-0.3, -0.25) is 10.2 Å². The lowest BCUT2D eigenvalue weighted by molar-refractivity contribution is -0.131. The fourth-order valence-corrected chi connectivity index (χ4v) is 0.774. The summed E-state index contributed by atoms with van der Waals surface area (Å²) in [4.78, 5) is 18.3. The number of rotatable bonds is 3. The first-order valence-corrected chi connectivity index (χ1v) is 4.10. The molecular formula is C7H7ClN4O2. The van der Waals surface area contributed by atoms with Gasteiger partial charge in [-0.05, 0) is 0 Å². The molecule has 3 N–H and O–H groups in total. The van der Waals surface area contributed by atoms with Crippen molar-refractivity contribution in [1.82, 2.24) is 9.97 Å². The summed E-state index contributed by atoms with van der Waals surface area (Å²) >= 11 is 5.23. The summed E-state index contributed by atoms with van der Waals surface area (Å²) < 4.78 is 4.69. The Labute approximate surface area is 84.6 Å². The number of nitrogens with one attached hydrogen (secondary N) is 1. The Kier molecular flexibility index (Phi) is 3.35. The van der Waals surface area contributed by atoms with Crippen LogP contribution in [0.25, 0.3) is 0 Å². The Hall–Kier alpha value is -1.69. The summed E-state index contributed by atoms with van der Waals surface area (Å²) in [5.41, 5.74) is 5.21. The molecule has 0 saturated carbocycles. The van der Waals surface area contributed by atoms with Crippen molar-refractivity contribution in [1.29, 1.82) is 5.41 Å². The van der Waals surface area contributed by atoms with Crippen molar-refractivity contribution in [3.63, 3.8) is 0 Å². The zero-order chi connectivity index (χ0) is 10.6. The number of alkyl halides is 1. The van der Waals surface area contributed by atoms with Gasteiger partial charge in [-0.15, -0.1) is 11.6 Å². The molecule has 0 radical (unpaired) electrons. The highest BCUT2D eigenvalue weighted by Crippen LogP contribution is 2.10. The van der Waals surface area contributed by atoms with Gasteiger partial charge in [-0.25, -0.2) is 9.97 Å². The van der Waals surface area contributed by atoms with Gasteiger partial charge in [0.05, 0.1) is 0 Å². The molecule has 0 bridgehead atoms. The van der Waals surface area contributed by atoms with Crippen LogP contribution in [0.2, 0.25) is 0 Å². The number of aromatic nitrogens is 2. The molecule has 0 aliphatic carbocycles. The molecule has 6 nitrogen and oxygen atoms in total. The first-order chi connectivity index (χ1) is 6.65. The number of esters is 1. The quantitative estimate of drug-likeness (QED) is 0.317. The number of nitrogens with two attached hydrogens (primary N) is 1. The fourth-order valence-electron chi connectivity index (χ4n) is 0.720. The summed E-state index contributed by atoms with van der Waals surface area (Å²) in [6.45, 7) is 0. The Balaban J connectivity index is 2.95. The molecule has 1 rings (SSSR count). The molecule has 14 heavy (non-hydrogen) atoms. The number of halogens is 1. The Morgan fingerprint density at radius 2 is 2.21 bits per heavy atom. The van der Waals surface area contributed by atoms with Crippen molar-refractivity contribution in [3.05, 3.63) is 18.1 Å². The predicted octanol–water partition coefficient (Wildman–Crippen LogP) is -0.0951. The average Bonchev–Trinajstić information content (AvgIpc) is 2.18. The molecule has 0 atom stereocenters. The van der Waals surface area contributed by atoms with Gasteiger partial charge >= 0.3 is 5.97 Å². The second kappa shape index (κ2) is 4.52. The maximum Gasteiger partial charge on any atom is 0.327 e. The highest BCUT2D eigenvalue weighted by Gasteiger charge is 2.12. The van der Waals surface area contributed by atoms with Gasteiger partial charge in [0.15, 0.2) is 5.69 Å². The van der Waals surface area contributed by atoms with Crippen LogP contribution in [0.15, 0.2) is 12.4 Å². The lowest BCUT2D eigenvalue weighted by Gasteiger charge is -2.04. The van der Waals surface area contributed by atoms with Crippen molar-refractivity contribution in [2.45, 2.75) is 0 Å². The van der Waals surface area contributed by atoms with E-state index in [1.807, 2.05) is 0 Å². The molecule has 0 amide bonds. The molecule has 0 aliphatic heterocycles. The number of carbonyl (C=O) groups excluding carboxylic acids is 1. The number of hydrogen-bond acceptors (Lipinski definition) is 5. The first kappa shape index (κ1) is 10.4. The maximum atomic E-state index is 10.8. The standard InChI is InChI=1S/C7H7ClN4O2/c8-3-4(13)14-7-5(6(9)10)11-1-2-12-7/h1-2H,3H2,(H3,9,10). The Morgan fingerprint density at radius 1 is 1.57 bits per heavy atom. The lowest BCUT2D eigenvalue weighted by atomic mass is 10.4. The second-order valence-electron chi connectivity index (χ2n) is 2.23. The predicted molar refractivity (Wildman–Crippen MR) is 49.4 cm³/mol. The fraction of sp³-hybridized carbons (Fsp3) is 0.143. The third-order valence-electron chi connectivity index (χ3n) is 1.24. The van der Waals surface area contributed by atoms with Crippen LogP contribution in [0.5, 0.6) is 5.88 Å². The molecule has 0 aromatic carbocycles. The summed E-state index contributed by atoms with van der Waals surface area (Å²) in [6.07, 6.45) is 2.66. The number of carbonyl (C=O) groups is 1. The van der Waals surface area contributed by atoms with Crippen molar-refractivity contribution >= 4 is 23.4 Å². The van der Waals surface area contributed by atoms with Crippen LogP contribution in [0, 0.1) is 5.41 Å². The van der Waals surface area contributed by atoms with E-state index in [0.29, 0.717) is 0 Å². The van der Waals surface area contributed by atoms with Crippen LogP contribution in [0.4, 0.5) is 0 Å². The summed E-state index contributed by atoms with van der Waals surface area (Å²) in [6, 6.07) is 0. The molecule has 0 spiro atoms. The molecule has 0 unspecified atom stereocenters. The van der Waals surface area contributed by atoms with E-state index >= 15 is 0 Å². The zero-order valence-corrected chi connectivity index (χ0v) is 7.78. The van der Waals surface area contributed by atoms with Gasteiger partial charge in [-0.2, -0.15) is 0 Å². The van der Waals surface area contributed by atoms with E-state index in [9.17, 15) is 4.79 Å². The topological polar surface area (TPSA) is 102 Å². The molecule has 1 aromatic rings. The smallest absolute Gasteiger partial charge is 0.327 e. The summed E-state index contributed by atoms with van der Waals surface area (Å²) in [5.74, 6) is -1.40. The van der Waals surface area contributed by atoms with Crippen LogP contribution in [-0.2, 0) is 4.79 Å². The van der Waals surface area contributed by atoms with Gasteiger partial charge < -0.3 is 10.5 Å². The minimum Gasteiger partial charge on any atom is -0.404 e. The minimum absolute atomic E-state index is 0.0194. The lowest BCUT2D eigenvalue weighted by Crippen LogP contribution is -2.18. The van der Waals surface area contributed by atoms with Crippen LogP contribution < -0.4 is 10.5 Å². The normalized spacial score (nSPS) is 9.50. The van der Waals surface area contributed by atoms with Crippen molar-refractivity contribution in [3.8, 4) is 5.88 Å². The highest BCUT2D eigenvalue weighted by molar-refractivity contribution is 6.26. The van der Waals surface area contributed by atoms with Gasteiger partial charge in [0.25, 0.3) is 5.88 Å². The maximum absolute atomic E-state index is 10.8. The number of nitrogen functional groups attached to an aromatic ring is 1. The third kappa shape index (κ3) is 2.40. The Morgan fingerprint density at radius 3 is 2.79 bits per heavy atom. The van der Waals surface area contributed by atoms with Crippen molar-refractivity contribution in [2.24, 2.45) is 5.73 Å². The number of hydrogen-bond donors (Lipinski definition) is 2. The minimum atomic E-state index is -0.672. The van der Waals surface area contributed by atoms with Gasteiger partial charge in [0.2, 0.25) is 0 Å². The van der Waals surface area contributed by atoms with Crippen LogP contribution >= 0.6 is 11.6 Å². The molecule has 0 saturated heterocycles. The van der Waals surface area contributed by atoms with E-state index < -0.39 is 5.97 Å². The molecular weight excluding hydrogens is 208 g/mol. The molecule has 1 aromatic heterocycles. The summed E-state index contributed by atoms with van der Waals surface area (Å²) in [5, 5.41) is 7.13. The van der Waals surface area contributed by atoms with E-state index in [1.54, 1.807) is 0 Å². The van der Waals surface area contributed by atoms with Crippen LogP contribution in [0.3, 0.4) is 0 Å².